The molecule has 1 aromatic carbocycles. The van der Waals surface area contributed by atoms with Gasteiger partial charge in [0.25, 0.3) is 0 Å². The number of nitrogens with zero attached hydrogens (tertiary/aromatic N) is 2. The van der Waals surface area contributed by atoms with E-state index in [9.17, 15) is 4.79 Å². The molecule has 0 aliphatic carbocycles. The normalized spacial score (nSPS) is 19.9. The Labute approximate surface area is 142 Å². The third-order valence-corrected chi connectivity index (χ3v) is 5.02. The van der Waals surface area contributed by atoms with Crippen molar-refractivity contribution in [3.63, 3.8) is 0 Å². The van der Waals surface area contributed by atoms with Gasteiger partial charge in [0.05, 0.1) is 11.6 Å². The summed E-state index contributed by atoms with van der Waals surface area (Å²) in [6.45, 7) is 3.48. The molecule has 4 rings (SSSR count). The van der Waals surface area contributed by atoms with Crippen LogP contribution in [0.15, 0.2) is 30.5 Å². The number of hydrogen-bond acceptors (Lipinski definition) is 3. The summed E-state index contributed by atoms with van der Waals surface area (Å²) in [5, 5.41) is 6.37. The molecule has 3 heterocycles. The molecule has 5 heteroatoms. The van der Waals surface area contributed by atoms with E-state index >= 15 is 0 Å². The zero-order valence-electron chi connectivity index (χ0n) is 13.9. The molecule has 1 atom stereocenters. The number of amides is 1. The van der Waals surface area contributed by atoms with E-state index in [2.05, 4.69) is 39.6 Å². The molecule has 126 valence electrons. The second kappa shape index (κ2) is 6.77. The quantitative estimate of drug-likeness (QED) is 0.905. The SMILES string of the molecule is O=C(NCc1cccc(-c2cn3c(n2)CCC3)c1)C1CCCNC1. The number of carbonyl (C=O) groups is 1. The average molecular weight is 324 g/mol. The van der Waals surface area contributed by atoms with Gasteiger partial charge < -0.3 is 15.2 Å². The largest absolute Gasteiger partial charge is 0.352 e. The van der Waals surface area contributed by atoms with Crippen LogP contribution in [0.5, 0.6) is 0 Å². The molecule has 0 radical (unpaired) electrons. The van der Waals surface area contributed by atoms with Gasteiger partial charge in [0.2, 0.25) is 5.91 Å². The van der Waals surface area contributed by atoms with Crippen molar-refractivity contribution in [2.24, 2.45) is 5.92 Å². The minimum atomic E-state index is 0.109. The Kier molecular flexibility index (Phi) is 4.34. The maximum absolute atomic E-state index is 12.3. The zero-order valence-corrected chi connectivity index (χ0v) is 13.9. The number of rotatable bonds is 4. The number of imidazole rings is 1. The summed E-state index contributed by atoms with van der Waals surface area (Å²) in [7, 11) is 0. The van der Waals surface area contributed by atoms with Gasteiger partial charge in [0, 0.05) is 37.8 Å². The lowest BCUT2D eigenvalue weighted by atomic mass is 9.99. The molecule has 1 aromatic heterocycles. The standard InChI is InChI=1S/C19H24N4O/c24-19(16-6-2-8-20-12-16)21-11-14-4-1-5-15(10-14)17-13-23-9-3-7-18(23)22-17/h1,4-5,10,13,16,20H,2-3,6-9,11-12H2,(H,21,24). The monoisotopic (exact) mass is 324 g/mol. The second-order valence-corrected chi connectivity index (χ2v) is 6.80. The van der Waals surface area contributed by atoms with Crippen molar-refractivity contribution in [1.29, 1.82) is 0 Å². The number of fused-ring (bicyclic) bond motifs is 1. The van der Waals surface area contributed by atoms with E-state index in [1.54, 1.807) is 0 Å². The molecule has 2 aliphatic rings. The Balaban J connectivity index is 1.41. The van der Waals surface area contributed by atoms with Gasteiger partial charge in [-0.1, -0.05) is 18.2 Å². The van der Waals surface area contributed by atoms with Gasteiger partial charge in [-0.05, 0) is 37.4 Å². The smallest absolute Gasteiger partial charge is 0.224 e. The second-order valence-electron chi connectivity index (χ2n) is 6.80. The highest BCUT2D eigenvalue weighted by Gasteiger charge is 2.20. The molecule has 24 heavy (non-hydrogen) atoms. The summed E-state index contributed by atoms with van der Waals surface area (Å²) in [5.41, 5.74) is 3.29. The van der Waals surface area contributed by atoms with E-state index in [0.29, 0.717) is 6.54 Å². The van der Waals surface area contributed by atoms with Gasteiger partial charge in [-0.25, -0.2) is 4.98 Å². The summed E-state index contributed by atoms with van der Waals surface area (Å²) in [4.78, 5) is 17.0. The van der Waals surface area contributed by atoms with Crippen molar-refractivity contribution < 1.29 is 4.79 Å². The van der Waals surface area contributed by atoms with E-state index in [1.807, 2.05) is 6.07 Å². The molecule has 0 saturated carbocycles. The Morgan fingerprint density at radius 1 is 1.38 bits per heavy atom. The number of carbonyl (C=O) groups excluding carboxylic acids is 1. The fourth-order valence-corrected chi connectivity index (χ4v) is 3.64. The highest BCUT2D eigenvalue weighted by Crippen LogP contribution is 2.23. The predicted molar refractivity (Wildman–Crippen MR) is 93.4 cm³/mol. The van der Waals surface area contributed by atoms with E-state index < -0.39 is 0 Å². The predicted octanol–water partition coefficient (Wildman–Crippen LogP) is 2.11. The Morgan fingerprint density at radius 3 is 3.17 bits per heavy atom. The number of aromatic nitrogens is 2. The first-order valence-corrected chi connectivity index (χ1v) is 8.93. The number of piperidine rings is 1. The van der Waals surface area contributed by atoms with Crippen LogP contribution in [-0.4, -0.2) is 28.5 Å². The summed E-state index contributed by atoms with van der Waals surface area (Å²) in [5.74, 6) is 1.46. The van der Waals surface area contributed by atoms with Gasteiger partial charge >= 0.3 is 0 Å². The molecule has 5 nitrogen and oxygen atoms in total. The van der Waals surface area contributed by atoms with Crippen LogP contribution in [0.25, 0.3) is 11.3 Å². The average Bonchev–Trinajstić information content (AvgIpc) is 3.23. The van der Waals surface area contributed by atoms with Crippen LogP contribution in [-0.2, 0) is 24.3 Å². The fraction of sp³-hybridized carbons (Fsp3) is 0.474. The zero-order chi connectivity index (χ0) is 16.4. The molecular formula is C19H24N4O. The third kappa shape index (κ3) is 3.22. The summed E-state index contributed by atoms with van der Waals surface area (Å²) in [6.07, 6.45) is 6.49. The molecular weight excluding hydrogens is 300 g/mol. The number of nitrogens with one attached hydrogen (secondary N) is 2. The topological polar surface area (TPSA) is 59.0 Å². The Hall–Kier alpha value is -2.14. The van der Waals surface area contributed by atoms with Crippen molar-refractivity contribution in [3.05, 3.63) is 41.9 Å². The van der Waals surface area contributed by atoms with E-state index in [1.165, 1.54) is 12.2 Å². The van der Waals surface area contributed by atoms with Gasteiger partial charge in [0.1, 0.15) is 5.82 Å². The molecule has 0 bridgehead atoms. The minimum Gasteiger partial charge on any atom is -0.352 e. The highest BCUT2D eigenvalue weighted by atomic mass is 16.1. The first-order valence-electron chi connectivity index (χ1n) is 8.93. The van der Waals surface area contributed by atoms with Crippen molar-refractivity contribution in [2.45, 2.75) is 38.8 Å². The van der Waals surface area contributed by atoms with Gasteiger partial charge in [0.15, 0.2) is 0 Å². The number of aryl methyl sites for hydroxylation is 2. The van der Waals surface area contributed by atoms with Gasteiger partial charge in [-0.2, -0.15) is 0 Å². The molecule has 0 spiro atoms. The van der Waals surface area contributed by atoms with Crippen LogP contribution < -0.4 is 10.6 Å². The first-order chi connectivity index (χ1) is 11.8. The van der Waals surface area contributed by atoms with E-state index in [-0.39, 0.29) is 11.8 Å². The summed E-state index contributed by atoms with van der Waals surface area (Å²) < 4.78 is 2.25. The molecule has 1 unspecified atom stereocenters. The lowest BCUT2D eigenvalue weighted by Crippen LogP contribution is -2.40. The van der Waals surface area contributed by atoms with Crippen molar-refractivity contribution in [3.8, 4) is 11.3 Å². The van der Waals surface area contributed by atoms with Gasteiger partial charge in [-0.3, -0.25) is 4.79 Å². The maximum atomic E-state index is 12.3. The third-order valence-electron chi connectivity index (χ3n) is 5.02. The molecule has 1 amide bonds. The van der Waals surface area contributed by atoms with Crippen LogP contribution in [0.2, 0.25) is 0 Å². The molecule has 1 fully saturated rings. The highest BCUT2D eigenvalue weighted by molar-refractivity contribution is 5.79. The minimum absolute atomic E-state index is 0.109. The van der Waals surface area contributed by atoms with Gasteiger partial charge in [-0.15, -0.1) is 0 Å². The lowest BCUT2D eigenvalue weighted by molar-refractivity contribution is -0.125. The Bertz CT molecular complexity index is 709. The fourth-order valence-electron chi connectivity index (χ4n) is 3.64. The summed E-state index contributed by atoms with van der Waals surface area (Å²) >= 11 is 0. The molecule has 2 aliphatic heterocycles. The van der Waals surface area contributed by atoms with Crippen LogP contribution in [0.3, 0.4) is 0 Å². The Morgan fingerprint density at radius 2 is 2.33 bits per heavy atom. The van der Waals surface area contributed by atoms with E-state index in [0.717, 1.165) is 55.7 Å². The van der Waals surface area contributed by atoms with Crippen molar-refractivity contribution >= 4 is 5.91 Å². The van der Waals surface area contributed by atoms with Crippen LogP contribution in [0, 0.1) is 5.92 Å². The van der Waals surface area contributed by atoms with Crippen molar-refractivity contribution in [1.82, 2.24) is 20.2 Å². The van der Waals surface area contributed by atoms with E-state index in [4.69, 9.17) is 4.98 Å². The van der Waals surface area contributed by atoms with Crippen LogP contribution in [0.1, 0.15) is 30.7 Å². The lowest BCUT2D eigenvalue weighted by Gasteiger charge is -2.21. The molecule has 1 saturated heterocycles. The maximum Gasteiger partial charge on any atom is 0.224 e. The number of benzene rings is 1. The summed E-state index contributed by atoms with van der Waals surface area (Å²) in [6, 6.07) is 8.34. The number of hydrogen-bond donors (Lipinski definition) is 2. The van der Waals surface area contributed by atoms with Crippen molar-refractivity contribution in [2.75, 3.05) is 13.1 Å². The first kappa shape index (κ1) is 15.4. The molecule has 2 N–H and O–H groups in total. The van der Waals surface area contributed by atoms with Crippen LogP contribution in [0.4, 0.5) is 0 Å². The molecule has 2 aromatic rings. The van der Waals surface area contributed by atoms with Crippen LogP contribution >= 0.6 is 0 Å².